The predicted molar refractivity (Wildman–Crippen MR) is 88.8 cm³/mol. The minimum atomic E-state index is -0.837. The van der Waals surface area contributed by atoms with E-state index < -0.39 is 5.41 Å². The molecule has 1 saturated carbocycles. The van der Waals surface area contributed by atoms with Gasteiger partial charge in [-0.3, -0.25) is 9.59 Å². The second-order valence-electron chi connectivity index (χ2n) is 6.26. The lowest BCUT2D eigenvalue weighted by atomic mass is 9.99. The largest absolute Gasteiger partial charge is 0.342 e. The fourth-order valence-corrected chi connectivity index (χ4v) is 2.83. The highest BCUT2D eigenvalue weighted by Crippen LogP contribution is 2.48. The molecule has 4 heteroatoms. The highest BCUT2D eigenvalue weighted by Gasteiger charge is 2.57. The number of rotatable bonds is 6. The van der Waals surface area contributed by atoms with Crippen LogP contribution in [0, 0.1) is 5.41 Å². The number of anilines is 1. The number of para-hydroxylation sites is 1. The van der Waals surface area contributed by atoms with E-state index in [2.05, 4.69) is 19.2 Å². The molecule has 0 saturated heterocycles. The van der Waals surface area contributed by atoms with Crippen molar-refractivity contribution in [3.05, 3.63) is 29.8 Å². The molecule has 0 heterocycles. The van der Waals surface area contributed by atoms with Crippen molar-refractivity contribution in [2.45, 2.75) is 46.5 Å². The minimum Gasteiger partial charge on any atom is -0.342 e. The van der Waals surface area contributed by atoms with Gasteiger partial charge >= 0.3 is 0 Å². The van der Waals surface area contributed by atoms with Gasteiger partial charge in [-0.25, -0.2) is 0 Å². The maximum Gasteiger partial charge on any atom is 0.240 e. The molecule has 4 nitrogen and oxygen atoms in total. The van der Waals surface area contributed by atoms with Crippen molar-refractivity contribution in [2.75, 3.05) is 18.4 Å². The van der Waals surface area contributed by atoms with Gasteiger partial charge in [0.2, 0.25) is 11.8 Å². The third-order valence-corrected chi connectivity index (χ3v) is 4.48. The maximum absolute atomic E-state index is 12.7. The van der Waals surface area contributed by atoms with Crippen molar-refractivity contribution in [3.63, 3.8) is 0 Å². The molecule has 2 amide bonds. The van der Waals surface area contributed by atoms with Crippen molar-refractivity contribution in [3.8, 4) is 0 Å². The van der Waals surface area contributed by atoms with Gasteiger partial charge in [0.05, 0.1) is 0 Å². The van der Waals surface area contributed by atoms with Crippen molar-refractivity contribution >= 4 is 17.5 Å². The van der Waals surface area contributed by atoms with E-state index >= 15 is 0 Å². The van der Waals surface area contributed by atoms with Crippen LogP contribution in [-0.2, 0) is 9.59 Å². The molecule has 0 spiro atoms. The summed E-state index contributed by atoms with van der Waals surface area (Å²) in [6, 6.07) is 7.81. The molecule has 120 valence electrons. The number of benzene rings is 1. The first kappa shape index (κ1) is 16.5. The van der Waals surface area contributed by atoms with Crippen LogP contribution in [0.15, 0.2) is 24.3 Å². The van der Waals surface area contributed by atoms with E-state index in [-0.39, 0.29) is 11.8 Å². The van der Waals surface area contributed by atoms with Gasteiger partial charge in [0.25, 0.3) is 0 Å². The summed E-state index contributed by atoms with van der Waals surface area (Å²) in [5, 5.41) is 2.99. The van der Waals surface area contributed by atoms with Gasteiger partial charge in [-0.15, -0.1) is 0 Å². The van der Waals surface area contributed by atoms with Gasteiger partial charge in [-0.2, -0.15) is 0 Å². The molecule has 1 fully saturated rings. The number of carbonyl (C=O) groups excluding carboxylic acids is 2. The smallest absolute Gasteiger partial charge is 0.240 e. The monoisotopic (exact) mass is 302 g/mol. The van der Waals surface area contributed by atoms with Crippen LogP contribution in [0.3, 0.4) is 0 Å². The molecule has 1 N–H and O–H groups in total. The summed E-state index contributed by atoms with van der Waals surface area (Å²) in [5.41, 5.74) is 1.08. The Morgan fingerprint density at radius 2 is 1.77 bits per heavy atom. The van der Waals surface area contributed by atoms with E-state index in [1.54, 1.807) is 4.90 Å². The standard InChI is InChI=1S/C18H26N2O2/c1-5-20(6-2)17(22)18(11-12-18)16(21)19-15-10-8-7-9-14(15)13(3)4/h7-10,13H,5-6,11-12H2,1-4H3,(H,19,21). The molecule has 1 aromatic carbocycles. The Bertz CT molecular complexity index is 558. The van der Waals surface area contributed by atoms with Crippen molar-refractivity contribution in [1.82, 2.24) is 4.90 Å². The van der Waals surface area contributed by atoms with Crippen LogP contribution in [0.2, 0.25) is 0 Å². The predicted octanol–water partition coefficient (Wildman–Crippen LogP) is 3.40. The number of hydrogen-bond donors (Lipinski definition) is 1. The Hall–Kier alpha value is -1.84. The van der Waals surface area contributed by atoms with Crippen molar-refractivity contribution < 1.29 is 9.59 Å². The number of amides is 2. The Morgan fingerprint density at radius 3 is 2.27 bits per heavy atom. The Kier molecular flexibility index (Phi) is 4.89. The molecule has 22 heavy (non-hydrogen) atoms. The third kappa shape index (κ3) is 3.01. The fraction of sp³-hybridized carbons (Fsp3) is 0.556. The SMILES string of the molecule is CCN(CC)C(=O)C1(C(=O)Nc2ccccc2C(C)C)CC1. The number of nitrogens with zero attached hydrogens (tertiary/aromatic N) is 1. The summed E-state index contributed by atoms with van der Waals surface area (Å²) in [4.78, 5) is 27.0. The summed E-state index contributed by atoms with van der Waals surface area (Å²) >= 11 is 0. The van der Waals surface area contributed by atoms with E-state index in [1.807, 2.05) is 38.1 Å². The molecular weight excluding hydrogens is 276 g/mol. The fourth-order valence-electron chi connectivity index (χ4n) is 2.83. The first-order valence-electron chi connectivity index (χ1n) is 8.16. The lowest BCUT2D eigenvalue weighted by Gasteiger charge is -2.25. The summed E-state index contributed by atoms with van der Waals surface area (Å²) in [7, 11) is 0. The molecule has 1 aliphatic carbocycles. The molecule has 2 rings (SSSR count). The van der Waals surface area contributed by atoms with Gasteiger partial charge in [-0.05, 0) is 44.2 Å². The summed E-state index contributed by atoms with van der Waals surface area (Å²) < 4.78 is 0. The van der Waals surface area contributed by atoms with Crippen LogP contribution in [0.4, 0.5) is 5.69 Å². The maximum atomic E-state index is 12.7. The van der Waals surface area contributed by atoms with Crippen LogP contribution in [-0.4, -0.2) is 29.8 Å². The van der Waals surface area contributed by atoms with Gasteiger partial charge in [0, 0.05) is 18.8 Å². The second kappa shape index (κ2) is 6.51. The number of carbonyl (C=O) groups is 2. The molecule has 1 aliphatic rings. The summed E-state index contributed by atoms with van der Waals surface area (Å²) in [5.74, 6) is 0.139. The van der Waals surface area contributed by atoms with Gasteiger partial charge in [0.15, 0.2) is 0 Å². The van der Waals surface area contributed by atoms with Crippen molar-refractivity contribution in [2.24, 2.45) is 5.41 Å². The zero-order chi connectivity index (χ0) is 16.3. The van der Waals surface area contributed by atoms with Crippen LogP contribution in [0.5, 0.6) is 0 Å². The topological polar surface area (TPSA) is 49.4 Å². The van der Waals surface area contributed by atoms with Gasteiger partial charge in [-0.1, -0.05) is 32.0 Å². The highest BCUT2D eigenvalue weighted by molar-refractivity contribution is 6.13. The lowest BCUT2D eigenvalue weighted by molar-refractivity contribution is -0.141. The first-order chi connectivity index (χ1) is 10.5. The summed E-state index contributed by atoms with van der Waals surface area (Å²) in [6.07, 6.45) is 1.30. The number of nitrogens with one attached hydrogen (secondary N) is 1. The normalized spacial score (nSPS) is 15.5. The van der Waals surface area contributed by atoms with E-state index in [0.29, 0.717) is 31.8 Å². The van der Waals surface area contributed by atoms with Crippen LogP contribution >= 0.6 is 0 Å². The molecule has 0 aromatic heterocycles. The van der Waals surface area contributed by atoms with E-state index in [0.717, 1.165) is 11.3 Å². The quantitative estimate of drug-likeness (QED) is 0.819. The zero-order valence-corrected chi connectivity index (χ0v) is 14.0. The minimum absolute atomic E-state index is 0.0305. The van der Waals surface area contributed by atoms with Crippen LogP contribution < -0.4 is 5.32 Å². The van der Waals surface area contributed by atoms with E-state index in [9.17, 15) is 9.59 Å². The van der Waals surface area contributed by atoms with Crippen LogP contribution in [0.25, 0.3) is 0 Å². The van der Waals surface area contributed by atoms with E-state index in [1.165, 1.54) is 0 Å². The highest BCUT2D eigenvalue weighted by atomic mass is 16.2. The number of hydrogen-bond acceptors (Lipinski definition) is 2. The Balaban J connectivity index is 2.18. The molecular formula is C18H26N2O2. The van der Waals surface area contributed by atoms with Gasteiger partial charge < -0.3 is 10.2 Å². The molecule has 0 unspecified atom stereocenters. The zero-order valence-electron chi connectivity index (χ0n) is 14.0. The van der Waals surface area contributed by atoms with Crippen molar-refractivity contribution in [1.29, 1.82) is 0 Å². The Labute approximate surface area is 132 Å². The molecule has 1 aromatic rings. The van der Waals surface area contributed by atoms with Crippen LogP contribution in [0.1, 0.15) is 52.0 Å². The molecule has 0 radical (unpaired) electrons. The summed E-state index contributed by atoms with van der Waals surface area (Å²) in [6.45, 7) is 9.38. The molecule has 0 atom stereocenters. The average Bonchev–Trinajstić information content (AvgIpc) is 3.30. The average molecular weight is 302 g/mol. The Morgan fingerprint density at radius 1 is 1.18 bits per heavy atom. The van der Waals surface area contributed by atoms with Gasteiger partial charge in [0.1, 0.15) is 5.41 Å². The second-order valence-corrected chi connectivity index (χ2v) is 6.26. The molecule has 0 bridgehead atoms. The molecule has 0 aliphatic heterocycles. The lowest BCUT2D eigenvalue weighted by Crippen LogP contribution is -2.42. The van der Waals surface area contributed by atoms with E-state index in [4.69, 9.17) is 0 Å². The first-order valence-corrected chi connectivity index (χ1v) is 8.16. The third-order valence-electron chi connectivity index (χ3n) is 4.48.